The normalized spacial score (nSPS) is 29.1. The van der Waals surface area contributed by atoms with E-state index < -0.39 is 12.1 Å². The van der Waals surface area contributed by atoms with Crippen molar-refractivity contribution < 1.29 is 18.0 Å². The third-order valence-electron chi connectivity index (χ3n) is 2.67. The van der Waals surface area contributed by atoms with E-state index >= 15 is 0 Å². The van der Waals surface area contributed by atoms with Crippen LogP contribution in [0.25, 0.3) is 0 Å². The number of hydrogen-bond acceptors (Lipinski definition) is 1. The highest BCUT2D eigenvalue weighted by Crippen LogP contribution is 2.28. The molecule has 0 bridgehead atoms. The number of rotatable bonds is 0. The van der Waals surface area contributed by atoms with Crippen LogP contribution in [-0.4, -0.2) is 29.1 Å². The van der Waals surface area contributed by atoms with Crippen LogP contribution in [0.15, 0.2) is 0 Å². The molecule has 1 amide bonds. The number of piperidine rings is 1. The van der Waals surface area contributed by atoms with Gasteiger partial charge in [0.05, 0.1) is 0 Å². The molecule has 0 spiro atoms. The van der Waals surface area contributed by atoms with Crippen LogP contribution >= 0.6 is 0 Å². The SMILES string of the molecule is CC1CCCC(C)N1C(=O)C(F)(F)F. The molecule has 0 radical (unpaired) electrons. The Morgan fingerprint density at radius 1 is 1.21 bits per heavy atom. The predicted octanol–water partition coefficient (Wildman–Crippen LogP) is 2.34. The minimum atomic E-state index is -4.74. The van der Waals surface area contributed by atoms with E-state index in [9.17, 15) is 18.0 Å². The molecule has 0 N–H and O–H groups in total. The van der Waals surface area contributed by atoms with Crippen molar-refractivity contribution in [1.29, 1.82) is 0 Å². The van der Waals surface area contributed by atoms with E-state index in [4.69, 9.17) is 0 Å². The van der Waals surface area contributed by atoms with Crippen molar-refractivity contribution in [2.24, 2.45) is 0 Å². The third-order valence-corrected chi connectivity index (χ3v) is 2.67. The topological polar surface area (TPSA) is 20.3 Å². The molecule has 14 heavy (non-hydrogen) atoms. The molecule has 1 saturated heterocycles. The van der Waals surface area contributed by atoms with E-state index in [0.717, 1.165) is 11.3 Å². The van der Waals surface area contributed by atoms with Crippen molar-refractivity contribution in [3.63, 3.8) is 0 Å². The summed E-state index contributed by atoms with van der Waals surface area (Å²) in [5, 5.41) is 0. The van der Waals surface area contributed by atoms with Crippen LogP contribution in [0, 0.1) is 0 Å². The Bertz CT molecular complexity index is 217. The van der Waals surface area contributed by atoms with Crippen molar-refractivity contribution >= 4 is 5.91 Å². The first-order chi connectivity index (χ1) is 6.34. The molecule has 82 valence electrons. The van der Waals surface area contributed by atoms with E-state index in [2.05, 4.69) is 0 Å². The van der Waals surface area contributed by atoms with E-state index in [1.807, 2.05) is 0 Å². The molecule has 1 heterocycles. The van der Waals surface area contributed by atoms with Crippen LogP contribution in [0.4, 0.5) is 13.2 Å². The first-order valence-electron chi connectivity index (χ1n) is 4.73. The van der Waals surface area contributed by atoms with Gasteiger partial charge in [0.2, 0.25) is 0 Å². The lowest BCUT2D eigenvalue weighted by Crippen LogP contribution is -2.52. The number of amides is 1. The number of carbonyl (C=O) groups excluding carboxylic acids is 1. The van der Waals surface area contributed by atoms with Crippen molar-refractivity contribution in [3.05, 3.63) is 0 Å². The Balaban J connectivity index is 2.78. The lowest BCUT2D eigenvalue weighted by Gasteiger charge is -2.39. The number of alkyl halides is 3. The molecule has 1 rings (SSSR count). The van der Waals surface area contributed by atoms with Crippen molar-refractivity contribution in [2.45, 2.75) is 51.4 Å². The highest BCUT2D eigenvalue weighted by atomic mass is 19.4. The van der Waals surface area contributed by atoms with Crippen LogP contribution in [0.3, 0.4) is 0 Å². The fraction of sp³-hybridized carbons (Fsp3) is 0.889. The standard InChI is InChI=1S/C9H14F3NO/c1-6-4-3-5-7(2)13(6)8(14)9(10,11)12/h6-7H,3-5H2,1-2H3. The van der Waals surface area contributed by atoms with Gasteiger partial charge >= 0.3 is 12.1 Å². The minimum absolute atomic E-state index is 0.298. The summed E-state index contributed by atoms with van der Waals surface area (Å²) in [6.07, 6.45) is -2.53. The number of carbonyl (C=O) groups is 1. The second-order valence-corrected chi connectivity index (χ2v) is 3.84. The fourth-order valence-electron chi connectivity index (χ4n) is 1.97. The van der Waals surface area contributed by atoms with Gasteiger partial charge in [-0.3, -0.25) is 4.79 Å². The van der Waals surface area contributed by atoms with Gasteiger partial charge in [-0.1, -0.05) is 0 Å². The summed E-state index contributed by atoms with van der Waals surface area (Å²) in [5.41, 5.74) is 0. The maximum atomic E-state index is 12.2. The Morgan fingerprint density at radius 3 is 2.00 bits per heavy atom. The lowest BCUT2D eigenvalue weighted by atomic mass is 9.97. The zero-order valence-electron chi connectivity index (χ0n) is 8.27. The molecule has 2 nitrogen and oxygen atoms in total. The minimum Gasteiger partial charge on any atom is -0.329 e. The van der Waals surface area contributed by atoms with Gasteiger partial charge in [0.25, 0.3) is 0 Å². The predicted molar refractivity (Wildman–Crippen MR) is 45.7 cm³/mol. The van der Waals surface area contributed by atoms with Gasteiger partial charge in [-0.25, -0.2) is 0 Å². The van der Waals surface area contributed by atoms with Crippen LogP contribution in [-0.2, 0) is 4.79 Å². The largest absolute Gasteiger partial charge is 0.471 e. The van der Waals surface area contributed by atoms with Gasteiger partial charge < -0.3 is 4.90 Å². The average molecular weight is 209 g/mol. The summed E-state index contributed by atoms with van der Waals surface area (Å²) in [5.74, 6) is -1.70. The lowest BCUT2D eigenvalue weighted by molar-refractivity contribution is -0.191. The summed E-state index contributed by atoms with van der Waals surface area (Å²) >= 11 is 0. The third kappa shape index (κ3) is 2.19. The number of likely N-dealkylation sites (tertiary alicyclic amines) is 1. The highest BCUT2D eigenvalue weighted by Gasteiger charge is 2.46. The summed E-state index contributed by atoms with van der Waals surface area (Å²) in [4.78, 5) is 12.0. The van der Waals surface area contributed by atoms with E-state index in [1.54, 1.807) is 13.8 Å². The number of nitrogens with zero attached hydrogens (tertiary/aromatic N) is 1. The van der Waals surface area contributed by atoms with Gasteiger partial charge in [0, 0.05) is 12.1 Å². The van der Waals surface area contributed by atoms with Gasteiger partial charge in [-0.05, 0) is 33.1 Å². The first-order valence-corrected chi connectivity index (χ1v) is 4.73. The van der Waals surface area contributed by atoms with Crippen molar-refractivity contribution in [2.75, 3.05) is 0 Å². The summed E-state index contributed by atoms with van der Waals surface area (Å²) in [6.45, 7) is 3.33. The first kappa shape index (κ1) is 11.3. The molecule has 0 aromatic heterocycles. The van der Waals surface area contributed by atoms with Gasteiger partial charge in [-0.2, -0.15) is 13.2 Å². The highest BCUT2D eigenvalue weighted by molar-refractivity contribution is 5.82. The fourth-order valence-corrected chi connectivity index (χ4v) is 1.97. The molecule has 1 aliphatic heterocycles. The van der Waals surface area contributed by atoms with Crippen LogP contribution in [0.2, 0.25) is 0 Å². The van der Waals surface area contributed by atoms with Crippen molar-refractivity contribution in [1.82, 2.24) is 4.90 Å². The molecule has 5 heteroatoms. The zero-order chi connectivity index (χ0) is 10.9. The van der Waals surface area contributed by atoms with Crippen molar-refractivity contribution in [3.8, 4) is 0 Å². The summed E-state index contributed by atoms with van der Waals surface area (Å²) in [6, 6.07) is -0.597. The van der Waals surface area contributed by atoms with Gasteiger partial charge in [0.1, 0.15) is 0 Å². The Hall–Kier alpha value is -0.740. The van der Waals surface area contributed by atoms with Gasteiger partial charge in [0.15, 0.2) is 0 Å². The van der Waals surface area contributed by atoms with Crippen LogP contribution in [0.1, 0.15) is 33.1 Å². The molecule has 2 atom stereocenters. The maximum Gasteiger partial charge on any atom is 0.471 e. The molecule has 0 aliphatic carbocycles. The molecular formula is C9H14F3NO. The Labute approximate surface area is 81.1 Å². The molecule has 0 saturated carbocycles. The summed E-state index contributed by atoms with van der Waals surface area (Å²) < 4.78 is 36.6. The molecular weight excluding hydrogens is 195 g/mol. The molecule has 2 unspecified atom stereocenters. The molecule has 1 aliphatic rings. The summed E-state index contributed by atoms with van der Waals surface area (Å²) in [7, 11) is 0. The monoisotopic (exact) mass is 209 g/mol. The van der Waals surface area contributed by atoms with E-state index in [0.29, 0.717) is 12.8 Å². The molecule has 0 aromatic rings. The van der Waals surface area contributed by atoms with Gasteiger partial charge in [-0.15, -0.1) is 0 Å². The quantitative estimate of drug-likeness (QED) is 0.599. The maximum absolute atomic E-state index is 12.2. The second kappa shape index (κ2) is 3.79. The number of hydrogen-bond donors (Lipinski definition) is 0. The smallest absolute Gasteiger partial charge is 0.329 e. The van der Waals surface area contributed by atoms with E-state index in [-0.39, 0.29) is 12.1 Å². The zero-order valence-corrected chi connectivity index (χ0v) is 8.27. The second-order valence-electron chi connectivity index (χ2n) is 3.84. The van der Waals surface area contributed by atoms with E-state index in [1.165, 1.54) is 0 Å². The van der Waals surface area contributed by atoms with Crippen LogP contribution in [0.5, 0.6) is 0 Å². The molecule has 1 fully saturated rings. The Morgan fingerprint density at radius 2 is 1.64 bits per heavy atom. The number of halogens is 3. The Kier molecular flexibility index (Phi) is 3.07. The average Bonchev–Trinajstić information content (AvgIpc) is 2.01. The van der Waals surface area contributed by atoms with Crippen LogP contribution < -0.4 is 0 Å². The molecule has 0 aromatic carbocycles.